The van der Waals surface area contributed by atoms with Gasteiger partial charge in [0.15, 0.2) is 0 Å². The molecule has 3 rings (SSSR count). The minimum atomic E-state index is -0.135. The number of aliphatic hydroxyl groups is 1. The van der Waals surface area contributed by atoms with Crippen molar-refractivity contribution in [1.29, 1.82) is 0 Å². The van der Waals surface area contributed by atoms with Crippen molar-refractivity contribution in [1.82, 2.24) is 0 Å². The Morgan fingerprint density at radius 2 is 2.15 bits per heavy atom. The van der Waals surface area contributed by atoms with Crippen LogP contribution in [0, 0.1) is 5.92 Å². The monoisotopic (exact) mass is 334 g/mol. The molecule has 0 bridgehead atoms. The Bertz CT molecular complexity index is 320. The van der Waals surface area contributed by atoms with E-state index in [0.717, 1.165) is 25.2 Å². The zero-order valence-corrected chi connectivity index (χ0v) is 14.7. The van der Waals surface area contributed by atoms with Crippen LogP contribution in [0.1, 0.15) is 32.6 Å². The summed E-state index contributed by atoms with van der Waals surface area (Å²) in [6, 6.07) is 0. The second kappa shape index (κ2) is 7.03. The summed E-state index contributed by atoms with van der Waals surface area (Å²) in [6.45, 7) is 3.12. The molecule has 0 saturated carbocycles. The summed E-state index contributed by atoms with van der Waals surface area (Å²) in [4.78, 5) is 0. The van der Waals surface area contributed by atoms with Gasteiger partial charge in [0.2, 0.25) is 0 Å². The molecule has 3 fully saturated rings. The van der Waals surface area contributed by atoms with Crippen LogP contribution in [-0.4, -0.2) is 56.9 Å². The van der Waals surface area contributed by atoms with Crippen molar-refractivity contribution < 1.29 is 9.84 Å². The molecular formula is C15H26O2S3. The van der Waals surface area contributed by atoms with Crippen LogP contribution in [0.3, 0.4) is 0 Å². The van der Waals surface area contributed by atoms with Crippen molar-refractivity contribution in [2.75, 3.05) is 29.6 Å². The topological polar surface area (TPSA) is 29.5 Å². The van der Waals surface area contributed by atoms with Crippen molar-refractivity contribution in [2.45, 2.75) is 54.8 Å². The lowest BCUT2D eigenvalue weighted by molar-refractivity contribution is -0.101. The van der Waals surface area contributed by atoms with Gasteiger partial charge in [-0.25, -0.2) is 0 Å². The molecular weight excluding hydrogens is 308 g/mol. The zero-order valence-electron chi connectivity index (χ0n) is 12.3. The SMILES string of the molecule is CCC1SCCSC1C(O)C1CCOC2(CCSC2)C1. The van der Waals surface area contributed by atoms with Crippen molar-refractivity contribution in [3.05, 3.63) is 0 Å². The van der Waals surface area contributed by atoms with E-state index in [-0.39, 0.29) is 11.7 Å². The maximum absolute atomic E-state index is 10.9. The van der Waals surface area contributed by atoms with Crippen LogP contribution < -0.4 is 0 Å². The second-order valence-electron chi connectivity index (χ2n) is 6.23. The van der Waals surface area contributed by atoms with Crippen molar-refractivity contribution >= 4 is 35.3 Å². The van der Waals surface area contributed by atoms with Crippen molar-refractivity contribution in [3.8, 4) is 0 Å². The van der Waals surface area contributed by atoms with E-state index in [0.29, 0.717) is 16.4 Å². The molecule has 0 aliphatic carbocycles. The highest BCUT2D eigenvalue weighted by Gasteiger charge is 2.45. The first-order valence-corrected chi connectivity index (χ1v) is 11.1. The van der Waals surface area contributed by atoms with Gasteiger partial charge in [-0.2, -0.15) is 35.3 Å². The summed E-state index contributed by atoms with van der Waals surface area (Å²) < 4.78 is 6.10. The van der Waals surface area contributed by atoms with Crippen LogP contribution in [0.15, 0.2) is 0 Å². The van der Waals surface area contributed by atoms with Crippen LogP contribution in [0.2, 0.25) is 0 Å². The standard InChI is InChI=1S/C15H26O2S3/c1-2-12-14(20-8-7-19-12)13(16)11-3-5-17-15(9-11)4-6-18-10-15/h11-14,16H,2-10H2,1H3. The zero-order chi connectivity index (χ0) is 14.0. The molecule has 1 N–H and O–H groups in total. The molecule has 3 aliphatic heterocycles. The van der Waals surface area contributed by atoms with E-state index in [4.69, 9.17) is 4.74 Å². The Morgan fingerprint density at radius 3 is 2.90 bits per heavy atom. The summed E-state index contributed by atoms with van der Waals surface area (Å²) >= 11 is 6.10. The maximum Gasteiger partial charge on any atom is 0.0783 e. The van der Waals surface area contributed by atoms with Gasteiger partial charge in [-0.3, -0.25) is 0 Å². The van der Waals surface area contributed by atoms with Gasteiger partial charge >= 0.3 is 0 Å². The first-order chi connectivity index (χ1) is 9.74. The van der Waals surface area contributed by atoms with Crippen LogP contribution in [-0.2, 0) is 4.74 Å². The molecule has 0 aromatic rings. The molecule has 5 heteroatoms. The van der Waals surface area contributed by atoms with E-state index in [1.54, 1.807) is 0 Å². The van der Waals surface area contributed by atoms with Gasteiger partial charge in [-0.15, -0.1) is 0 Å². The van der Waals surface area contributed by atoms with E-state index >= 15 is 0 Å². The first-order valence-electron chi connectivity index (χ1n) is 7.87. The third-order valence-electron chi connectivity index (χ3n) is 4.91. The summed E-state index contributed by atoms with van der Waals surface area (Å²) in [5.41, 5.74) is 0.1000. The molecule has 0 radical (unpaired) electrons. The van der Waals surface area contributed by atoms with Crippen molar-refractivity contribution in [2.24, 2.45) is 5.92 Å². The van der Waals surface area contributed by atoms with Gasteiger partial charge in [0.1, 0.15) is 0 Å². The Labute approximate surface area is 135 Å². The van der Waals surface area contributed by atoms with Crippen molar-refractivity contribution in [3.63, 3.8) is 0 Å². The average Bonchev–Trinajstić information content (AvgIpc) is 2.94. The lowest BCUT2D eigenvalue weighted by Gasteiger charge is -2.43. The minimum absolute atomic E-state index is 0.1000. The van der Waals surface area contributed by atoms with Crippen LogP contribution >= 0.6 is 35.3 Å². The number of aliphatic hydroxyl groups excluding tert-OH is 1. The molecule has 1 spiro atoms. The largest absolute Gasteiger partial charge is 0.392 e. The fourth-order valence-electron chi connectivity index (χ4n) is 3.74. The summed E-state index contributed by atoms with van der Waals surface area (Å²) in [5.74, 6) is 5.27. The van der Waals surface area contributed by atoms with E-state index in [1.165, 1.54) is 30.1 Å². The molecule has 0 aromatic carbocycles. The molecule has 3 aliphatic rings. The van der Waals surface area contributed by atoms with Gasteiger partial charge in [-0.05, 0) is 37.4 Å². The third kappa shape index (κ3) is 3.32. The fraction of sp³-hybridized carbons (Fsp3) is 1.00. The average molecular weight is 335 g/mol. The van der Waals surface area contributed by atoms with E-state index in [1.807, 2.05) is 23.5 Å². The number of rotatable bonds is 3. The van der Waals surface area contributed by atoms with Gasteiger partial charge in [0.25, 0.3) is 0 Å². The first kappa shape index (κ1) is 15.9. The fourth-order valence-corrected chi connectivity index (χ4v) is 8.35. The highest BCUT2D eigenvalue weighted by Crippen LogP contribution is 2.44. The quantitative estimate of drug-likeness (QED) is 0.855. The lowest BCUT2D eigenvalue weighted by atomic mass is 9.81. The van der Waals surface area contributed by atoms with Crippen LogP contribution in [0.4, 0.5) is 0 Å². The summed E-state index contributed by atoms with van der Waals surface area (Å²) in [7, 11) is 0. The van der Waals surface area contributed by atoms with E-state index in [9.17, 15) is 5.11 Å². The Hall–Kier alpha value is 0.970. The van der Waals surface area contributed by atoms with Gasteiger partial charge in [0.05, 0.1) is 11.7 Å². The van der Waals surface area contributed by atoms with Gasteiger partial charge < -0.3 is 9.84 Å². The smallest absolute Gasteiger partial charge is 0.0783 e. The third-order valence-corrected chi connectivity index (χ3v) is 9.49. The summed E-state index contributed by atoms with van der Waals surface area (Å²) in [6.07, 6.45) is 4.36. The molecule has 2 nitrogen and oxygen atoms in total. The lowest BCUT2D eigenvalue weighted by Crippen LogP contribution is -2.48. The predicted octanol–water partition coefficient (Wildman–Crippen LogP) is 3.28. The predicted molar refractivity (Wildman–Crippen MR) is 92.1 cm³/mol. The number of thioether (sulfide) groups is 3. The Morgan fingerprint density at radius 1 is 1.30 bits per heavy atom. The molecule has 116 valence electrons. The van der Waals surface area contributed by atoms with E-state index < -0.39 is 0 Å². The Kier molecular flexibility index (Phi) is 5.57. The number of hydrogen-bond donors (Lipinski definition) is 1. The van der Waals surface area contributed by atoms with Crippen LogP contribution in [0.25, 0.3) is 0 Å². The highest BCUT2D eigenvalue weighted by molar-refractivity contribution is 8.07. The summed E-state index contributed by atoms with van der Waals surface area (Å²) in [5, 5.41) is 12.0. The molecule has 5 unspecified atom stereocenters. The molecule has 3 saturated heterocycles. The second-order valence-corrected chi connectivity index (χ2v) is 9.97. The Balaban J connectivity index is 1.64. The molecule has 0 amide bonds. The normalized spacial score (nSPS) is 43.8. The molecule has 3 heterocycles. The number of hydrogen-bond acceptors (Lipinski definition) is 5. The van der Waals surface area contributed by atoms with E-state index in [2.05, 4.69) is 18.7 Å². The number of ether oxygens (including phenoxy) is 1. The maximum atomic E-state index is 10.9. The van der Waals surface area contributed by atoms with Gasteiger partial charge in [-0.1, -0.05) is 6.92 Å². The molecule has 20 heavy (non-hydrogen) atoms. The van der Waals surface area contributed by atoms with Gasteiger partial charge in [0, 0.05) is 34.4 Å². The minimum Gasteiger partial charge on any atom is -0.392 e. The van der Waals surface area contributed by atoms with Crippen LogP contribution in [0.5, 0.6) is 0 Å². The molecule has 0 aromatic heterocycles. The molecule has 5 atom stereocenters. The highest BCUT2D eigenvalue weighted by atomic mass is 32.2.